The smallest absolute Gasteiger partial charge is 0.139 e. The predicted molar refractivity (Wildman–Crippen MR) is 65.3 cm³/mol. The molecule has 15 heavy (non-hydrogen) atoms. The highest BCUT2D eigenvalue weighted by Gasteiger charge is 2.38. The fourth-order valence-electron chi connectivity index (χ4n) is 1.99. The molecule has 3 N–H and O–H groups in total. The quantitative estimate of drug-likeness (QED) is 0.819. The van der Waals surface area contributed by atoms with Crippen molar-refractivity contribution in [3.05, 3.63) is 6.07 Å². The van der Waals surface area contributed by atoms with Gasteiger partial charge in [-0.1, -0.05) is 0 Å². The van der Waals surface area contributed by atoms with Crippen LogP contribution in [0.2, 0.25) is 0 Å². The van der Waals surface area contributed by atoms with Crippen LogP contribution in [0, 0.1) is 0 Å². The Kier molecular flexibility index (Phi) is 2.84. The molecule has 5 heteroatoms. The Morgan fingerprint density at radius 1 is 1.60 bits per heavy atom. The van der Waals surface area contributed by atoms with Crippen LogP contribution in [0.25, 0.3) is 0 Å². The molecular weight excluding hydrogens is 208 g/mol. The van der Waals surface area contributed by atoms with E-state index in [9.17, 15) is 0 Å². The number of nitrogens with zero attached hydrogens (tertiary/aromatic N) is 2. The molecule has 1 aliphatic carbocycles. The summed E-state index contributed by atoms with van der Waals surface area (Å²) in [5.74, 6) is 0.606. The lowest BCUT2D eigenvalue weighted by atomic mass is 9.75. The molecule has 0 bridgehead atoms. The van der Waals surface area contributed by atoms with Crippen LogP contribution in [0.5, 0.6) is 0 Å². The molecule has 2 rings (SSSR count). The minimum atomic E-state index is 0.346. The maximum absolute atomic E-state index is 5.57. The molecule has 1 saturated carbocycles. The molecule has 4 nitrogen and oxygen atoms in total. The van der Waals surface area contributed by atoms with Crippen LogP contribution in [0.3, 0.4) is 0 Å². The zero-order valence-corrected chi connectivity index (χ0v) is 10.1. The van der Waals surface area contributed by atoms with E-state index in [1.54, 1.807) is 0 Å². The first-order valence-electron chi connectivity index (χ1n) is 5.26. The molecule has 0 amide bonds. The molecule has 1 aliphatic rings. The Balaban J connectivity index is 1.92. The third kappa shape index (κ3) is 2.08. The lowest BCUT2D eigenvalue weighted by Gasteiger charge is -2.47. The van der Waals surface area contributed by atoms with Crippen molar-refractivity contribution in [3.63, 3.8) is 0 Å². The Hall–Kier alpha value is -0.810. The van der Waals surface area contributed by atoms with E-state index in [-0.39, 0.29) is 0 Å². The van der Waals surface area contributed by atoms with Crippen molar-refractivity contribution in [1.82, 2.24) is 9.27 Å². The topological polar surface area (TPSA) is 54.2 Å². The second kappa shape index (κ2) is 3.98. The summed E-state index contributed by atoms with van der Waals surface area (Å²) in [5.41, 5.74) is 5.92. The molecule has 1 heterocycles. The maximum atomic E-state index is 5.57. The van der Waals surface area contributed by atoms with Gasteiger partial charge in [-0.05, 0) is 44.9 Å². The molecule has 0 aliphatic heterocycles. The highest BCUT2D eigenvalue weighted by atomic mass is 32.1. The van der Waals surface area contributed by atoms with Gasteiger partial charge < -0.3 is 16.0 Å². The molecule has 0 aromatic carbocycles. The van der Waals surface area contributed by atoms with Gasteiger partial charge in [-0.2, -0.15) is 4.37 Å². The van der Waals surface area contributed by atoms with Gasteiger partial charge in [0.15, 0.2) is 0 Å². The SMILES string of the molecule is CN(C)C1(CNc2cc(N)ns2)CCC1. The van der Waals surface area contributed by atoms with Crippen LogP contribution in [0.4, 0.5) is 10.8 Å². The molecule has 84 valence electrons. The fourth-order valence-corrected chi connectivity index (χ4v) is 2.56. The fraction of sp³-hybridized carbons (Fsp3) is 0.700. The number of hydrogen-bond donors (Lipinski definition) is 2. The summed E-state index contributed by atoms with van der Waals surface area (Å²) in [7, 11) is 4.31. The van der Waals surface area contributed by atoms with E-state index in [1.807, 2.05) is 6.07 Å². The maximum Gasteiger partial charge on any atom is 0.139 e. The van der Waals surface area contributed by atoms with E-state index in [2.05, 4.69) is 28.7 Å². The normalized spacial score (nSPS) is 18.9. The average molecular weight is 226 g/mol. The molecule has 0 saturated heterocycles. The van der Waals surface area contributed by atoms with E-state index >= 15 is 0 Å². The summed E-state index contributed by atoms with van der Waals surface area (Å²) in [6, 6.07) is 1.90. The zero-order chi connectivity index (χ0) is 10.9. The first kappa shape index (κ1) is 10.7. The summed E-state index contributed by atoms with van der Waals surface area (Å²) in [5, 5.41) is 4.49. The van der Waals surface area contributed by atoms with Gasteiger partial charge in [0.25, 0.3) is 0 Å². The molecule has 0 spiro atoms. The van der Waals surface area contributed by atoms with Crippen LogP contribution in [0.1, 0.15) is 19.3 Å². The minimum Gasteiger partial charge on any atom is -0.383 e. The highest BCUT2D eigenvalue weighted by molar-refractivity contribution is 7.10. The number of aromatic nitrogens is 1. The van der Waals surface area contributed by atoms with Gasteiger partial charge in [0, 0.05) is 18.2 Å². The van der Waals surface area contributed by atoms with Gasteiger partial charge in [0.1, 0.15) is 10.8 Å². The van der Waals surface area contributed by atoms with E-state index in [4.69, 9.17) is 5.73 Å². The number of rotatable bonds is 4. The van der Waals surface area contributed by atoms with Gasteiger partial charge in [-0.3, -0.25) is 0 Å². The Labute approximate surface area is 94.6 Å². The van der Waals surface area contributed by atoms with E-state index in [1.165, 1.54) is 30.8 Å². The van der Waals surface area contributed by atoms with Crippen LogP contribution in [-0.2, 0) is 0 Å². The second-order valence-corrected chi connectivity index (χ2v) is 5.25. The molecule has 0 atom stereocenters. The third-order valence-electron chi connectivity index (χ3n) is 3.35. The third-order valence-corrected chi connectivity index (χ3v) is 4.11. The van der Waals surface area contributed by atoms with Gasteiger partial charge in [0.2, 0.25) is 0 Å². The molecule has 0 radical (unpaired) electrons. The number of anilines is 2. The van der Waals surface area contributed by atoms with Crippen LogP contribution >= 0.6 is 11.5 Å². The molecular formula is C10H18N4S. The van der Waals surface area contributed by atoms with Crippen molar-refractivity contribution in [3.8, 4) is 0 Å². The number of nitrogens with two attached hydrogens (primary N) is 1. The Bertz CT molecular complexity index is 330. The van der Waals surface area contributed by atoms with Crippen molar-refractivity contribution in [2.75, 3.05) is 31.7 Å². The van der Waals surface area contributed by atoms with Gasteiger partial charge in [-0.25, -0.2) is 0 Å². The number of likely N-dealkylation sites (N-methyl/N-ethyl adjacent to an activating group) is 1. The molecule has 1 fully saturated rings. The molecule has 1 aromatic rings. The number of nitrogens with one attached hydrogen (secondary N) is 1. The van der Waals surface area contributed by atoms with Crippen molar-refractivity contribution >= 4 is 22.4 Å². The highest BCUT2D eigenvalue weighted by Crippen LogP contribution is 2.36. The second-order valence-electron chi connectivity index (χ2n) is 4.44. The van der Waals surface area contributed by atoms with Crippen molar-refractivity contribution in [2.45, 2.75) is 24.8 Å². The Morgan fingerprint density at radius 3 is 2.73 bits per heavy atom. The molecule has 0 unspecified atom stereocenters. The summed E-state index contributed by atoms with van der Waals surface area (Å²) >= 11 is 1.43. The zero-order valence-electron chi connectivity index (χ0n) is 9.29. The summed E-state index contributed by atoms with van der Waals surface area (Å²) in [6.07, 6.45) is 3.90. The van der Waals surface area contributed by atoms with Gasteiger partial charge in [0.05, 0.1) is 0 Å². The van der Waals surface area contributed by atoms with Crippen LogP contribution in [-0.4, -0.2) is 35.5 Å². The van der Waals surface area contributed by atoms with Crippen molar-refractivity contribution < 1.29 is 0 Å². The lowest BCUT2D eigenvalue weighted by Crippen LogP contribution is -2.54. The standard InChI is InChI=1S/C10H18N4S/c1-14(2)10(4-3-5-10)7-12-9-6-8(11)13-15-9/h6,12H,3-5,7H2,1-2H3,(H2,11,13). The number of nitrogen functional groups attached to an aromatic ring is 1. The summed E-state index contributed by atoms with van der Waals surface area (Å²) in [6.45, 7) is 0.988. The lowest BCUT2D eigenvalue weighted by molar-refractivity contribution is 0.0740. The first-order valence-corrected chi connectivity index (χ1v) is 6.03. The monoisotopic (exact) mass is 226 g/mol. The number of hydrogen-bond acceptors (Lipinski definition) is 5. The van der Waals surface area contributed by atoms with E-state index in [0.29, 0.717) is 11.4 Å². The Morgan fingerprint density at radius 2 is 2.33 bits per heavy atom. The van der Waals surface area contributed by atoms with Crippen molar-refractivity contribution in [2.24, 2.45) is 0 Å². The predicted octanol–water partition coefficient (Wildman–Crippen LogP) is 1.62. The summed E-state index contributed by atoms with van der Waals surface area (Å²) in [4.78, 5) is 2.33. The first-order chi connectivity index (χ1) is 7.12. The molecule has 1 aromatic heterocycles. The van der Waals surface area contributed by atoms with Gasteiger partial charge in [-0.15, -0.1) is 0 Å². The van der Waals surface area contributed by atoms with Crippen molar-refractivity contribution in [1.29, 1.82) is 0 Å². The van der Waals surface area contributed by atoms with Gasteiger partial charge >= 0.3 is 0 Å². The summed E-state index contributed by atoms with van der Waals surface area (Å²) < 4.78 is 4.05. The van der Waals surface area contributed by atoms with Crippen LogP contribution < -0.4 is 11.1 Å². The minimum absolute atomic E-state index is 0.346. The van der Waals surface area contributed by atoms with E-state index in [0.717, 1.165) is 11.5 Å². The van der Waals surface area contributed by atoms with Crippen LogP contribution in [0.15, 0.2) is 6.07 Å². The average Bonchev–Trinajstić information content (AvgIpc) is 2.49. The van der Waals surface area contributed by atoms with E-state index < -0.39 is 0 Å². The largest absolute Gasteiger partial charge is 0.383 e.